The lowest BCUT2D eigenvalue weighted by Gasteiger charge is -2.35. The number of ether oxygens (including phenoxy) is 2. The number of nitrogens with one attached hydrogen (secondary N) is 1. The van der Waals surface area contributed by atoms with Crippen LogP contribution in [0.15, 0.2) is 18.2 Å². The van der Waals surface area contributed by atoms with Crippen LogP contribution >= 0.6 is 0 Å². The van der Waals surface area contributed by atoms with Crippen LogP contribution in [-0.4, -0.2) is 52.0 Å². The van der Waals surface area contributed by atoms with E-state index in [9.17, 15) is 4.39 Å². The van der Waals surface area contributed by atoms with Crippen LogP contribution in [0, 0.1) is 0 Å². The lowest BCUT2D eigenvalue weighted by molar-refractivity contribution is 0.157. The summed E-state index contributed by atoms with van der Waals surface area (Å²) in [4.78, 5) is 2.33. The Bertz CT molecular complexity index is 422. The van der Waals surface area contributed by atoms with E-state index in [1.54, 1.807) is 14.2 Å². The van der Waals surface area contributed by atoms with Crippen molar-refractivity contribution in [3.05, 3.63) is 23.8 Å². The fourth-order valence-corrected chi connectivity index (χ4v) is 2.72. The molecule has 1 heterocycles. The van der Waals surface area contributed by atoms with Crippen LogP contribution in [0.2, 0.25) is 0 Å². The molecule has 1 aromatic carbocycles. The van der Waals surface area contributed by atoms with Crippen LogP contribution in [0.3, 0.4) is 0 Å². The molecule has 1 atom stereocenters. The molecule has 1 N–H and O–H groups in total. The van der Waals surface area contributed by atoms with Gasteiger partial charge < -0.3 is 14.8 Å². The molecule has 0 spiro atoms. The van der Waals surface area contributed by atoms with E-state index in [-0.39, 0.29) is 12.7 Å². The van der Waals surface area contributed by atoms with E-state index in [4.69, 9.17) is 9.47 Å². The molecule has 0 amide bonds. The summed E-state index contributed by atoms with van der Waals surface area (Å²) in [5, 5.41) is 3.32. The van der Waals surface area contributed by atoms with Crippen molar-refractivity contribution in [2.75, 3.05) is 47.1 Å². The van der Waals surface area contributed by atoms with E-state index in [1.807, 2.05) is 18.2 Å². The monoisotopic (exact) mass is 282 g/mol. The number of benzene rings is 1. The minimum atomic E-state index is -0.317. The van der Waals surface area contributed by atoms with Crippen LogP contribution in [0.1, 0.15) is 18.0 Å². The van der Waals surface area contributed by atoms with Gasteiger partial charge in [-0.05, 0) is 24.1 Å². The molecule has 1 aliphatic rings. The van der Waals surface area contributed by atoms with Gasteiger partial charge in [-0.3, -0.25) is 9.29 Å². The number of nitrogens with zero attached hydrogens (tertiary/aromatic N) is 1. The van der Waals surface area contributed by atoms with Gasteiger partial charge in [-0.2, -0.15) is 0 Å². The van der Waals surface area contributed by atoms with Crippen molar-refractivity contribution in [3.63, 3.8) is 0 Å². The number of halogens is 1. The van der Waals surface area contributed by atoms with Gasteiger partial charge in [0.1, 0.15) is 0 Å². The minimum Gasteiger partial charge on any atom is -0.493 e. The number of methoxy groups -OCH3 is 2. The highest BCUT2D eigenvalue weighted by Crippen LogP contribution is 2.33. The number of rotatable bonds is 6. The molecule has 112 valence electrons. The molecular formula is C15H23FN2O2. The number of hydrogen-bond donors (Lipinski definition) is 1. The van der Waals surface area contributed by atoms with Gasteiger partial charge in [0.15, 0.2) is 11.5 Å². The molecule has 0 saturated carbocycles. The van der Waals surface area contributed by atoms with Crippen molar-refractivity contribution >= 4 is 0 Å². The van der Waals surface area contributed by atoms with Crippen molar-refractivity contribution in [2.24, 2.45) is 0 Å². The average Bonchev–Trinajstić information content (AvgIpc) is 2.52. The summed E-state index contributed by atoms with van der Waals surface area (Å²) in [6.45, 7) is 3.48. The summed E-state index contributed by atoms with van der Waals surface area (Å²) in [5.74, 6) is 1.40. The zero-order valence-electron chi connectivity index (χ0n) is 12.2. The molecule has 1 aromatic rings. The Labute approximate surface area is 119 Å². The van der Waals surface area contributed by atoms with E-state index in [1.165, 1.54) is 0 Å². The van der Waals surface area contributed by atoms with Gasteiger partial charge in [-0.15, -0.1) is 0 Å². The smallest absolute Gasteiger partial charge is 0.161 e. The zero-order chi connectivity index (χ0) is 14.4. The summed E-state index contributed by atoms with van der Waals surface area (Å²) < 4.78 is 23.5. The summed E-state index contributed by atoms with van der Waals surface area (Å²) in [6.07, 6.45) is 0.509. The Hall–Kier alpha value is -1.33. The second-order valence-corrected chi connectivity index (χ2v) is 4.89. The topological polar surface area (TPSA) is 33.7 Å². The normalized spacial score (nSPS) is 17.8. The number of piperazine rings is 1. The Morgan fingerprint density at radius 3 is 2.50 bits per heavy atom. The van der Waals surface area contributed by atoms with Crippen LogP contribution < -0.4 is 14.8 Å². The quantitative estimate of drug-likeness (QED) is 0.865. The van der Waals surface area contributed by atoms with Gasteiger partial charge in [0, 0.05) is 32.2 Å². The van der Waals surface area contributed by atoms with E-state index >= 15 is 0 Å². The van der Waals surface area contributed by atoms with Crippen molar-refractivity contribution in [2.45, 2.75) is 12.5 Å². The molecule has 4 nitrogen and oxygen atoms in total. The summed E-state index contributed by atoms with van der Waals surface area (Å²) in [5.41, 5.74) is 1.09. The first-order valence-electron chi connectivity index (χ1n) is 7.02. The van der Waals surface area contributed by atoms with E-state index < -0.39 is 0 Å². The Morgan fingerprint density at radius 1 is 1.20 bits per heavy atom. The Kier molecular flexibility index (Phi) is 5.61. The standard InChI is InChI=1S/C15H23FN2O2/c1-19-14-4-3-12(11-15(14)20-2)13(5-6-16)18-9-7-17-8-10-18/h3-4,11,13,17H,5-10H2,1-2H3/t13-/m0/s1. The maximum absolute atomic E-state index is 12.9. The molecular weight excluding hydrogens is 259 g/mol. The summed E-state index contributed by atoms with van der Waals surface area (Å²) in [7, 11) is 3.24. The average molecular weight is 282 g/mol. The third-order valence-electron chi connectivity index (χ3n) is 3.77. The molecule has 0 bridgehead atoms. The van der Waals surface area contributed by atoms with Gasteiger partial charge in [-0.1, -0.05) is 6.07 Å². The first kappa shape index (κ1) is 15.1. The molecule has 0 radical (unpaired) electrons. The van der Waals surface area contributed by atoms with E-state index in [0.717, 1.165) is 31.7 Å². The summed E-state index contributed by atoms with van der Waals surface area (Å²) in [6, 6.07) is 5.95. The Morgan fingerprint density at radius 2 is 1.90 bits per heavy atom. The van der Waals surface area contributed by atoms with Crippen molar-refractivity contribution < 1.29 is 13.9 Å². The molecule has 1 aliphatic heterocycles. The van der Waals surface area contributed by atoms with Crippen LogP contribution in [0.5, 0.6) is 11.5 Å². The predicted octanol–water partition coefficient (Wildman–Crippen LogP) is 2.01. The fraction of sp³-hybridized carbons (Fsp3) is 0.600. The molecule has 5 heteroatoms. The van der Waals surface area contributed by atoms with Gasteiger partial charge in [0.05, 0.1) is 20.9 Å². The SMILES string of the molecule is COc1ccc([C@H](CCF)N2CCNCC2)cc1OC. The molecule has 1 saturated heterocycles. The minimum absolute atomic E-state index is 0.0990. The third kappa shape index (κ3) is 3.41. The zero-order valence-corrected chi connectivity index (χ0v) is 12.2. The van der Waals surface area contributed by atoms with Gasteiger partial charge in [0.2, 0.25) is 0 Å². The second kappa shape index (κ2) is 7.45. The molecule has 0 aromatic heterocycles. The molecule has 0 aliphatic carbocycles. The highest BCUT2D eigenvalue weighted by atomic mass is 19.1. The van der Waals surface area contributed by atoms with Gasteiger partial charge >= 0.3 is 0 Å². The lowest BCUT2D eigenvalue weighted by Crippen LogP contribution is -2.45. The number of alkyl halides is 1. The van der Waals surface area contributed by atoms with Gasteiger partial charge in [0.25, 0.3) is 0 Å². The van der Waals surface area contributed by atoms with Crippen LogP contribution in [0.25, 0.3) is 0 Å². The second-order valence-electron chi connectivity index (χ2n) is 4.89. The predicted molar refractivity (Wildman–Crippen MR) is 77.3 cm³/mol. The lowest BCUT2D eigenvalue weighted by atomic mass is 10.0. The van der Waals surface area contributed by atoms with Crippen LogP contribution in [-0.2, 0) is 0 Å². The van der Waals surface area contributed by atoms with Crippen molar-refractivity contribution in [1.29, 1.82) is 0 Å². The van der Waals surface area contributed by atoms with Crippen molar-refractivity contribution in [3.8, 4) is 11.5 Å². The highest BCUT2D eigenvalue weighted by molar-refractivity contribution is 5.43. The fourth-order valence-electron chi connectivity index (χ4n) is 2.72. The first-order valence-corrected chi connectivity index (χ1v) is 7.02. The first-order chi connectivity index (χ1) is 9.80. The summed E-state index contributed by atoms with van der Waals surface area (Å²) >= 11 is 0. The highest BCUT2D eigenvalue weighted by Gasteiger charge is 2.23. The third-order valence-corrected chi connectivity index (χ3v) is 3.77. The molecule has 0 unspecified atom stereocenters. The van der Waals surface area contributed by atoms with Gasteiger partial charge in [-0.25, -0.2) is 0 Å². The van der Waals surface area contributed by atoms with E-state index in [2.05, 4.69) is 10.2 Å². The molecule has 2 rings (SSSR count). The van der Waals surface area contributed by atoms with E-state index in [0.29, 0.717) is 17.9 Å². The Balaban J connectivity index is 2.23. The van der Waals surface area contributed by atoms with Crippen LogP contribution in [0.4, 0.5) is 4.39 Å². The largest absolute Gasteiger partial charge is 0.493 e. The molecule has 1 fully saturated rings. The molecule has 20 heavy (non-hydrogen) atoms. The number of hydrogen-bond acceptors (Lipinski definition) is 4. The maximum Gasteiger partial charge on any atom is 0.161 e. The van der Waals surface area contributed by atoms with Crippen molar-refractivity contribution in [1.82, 2.24) is 10.2 Å². The maximum atomic E-state index is 12.9.